The van der Waals surface area contributed by atoms with Gasteiger partial charge in [0.15, 0.2) is 0 Å². The Balaban J connectivity index is 4.02. The molecule has 0 spiro atoms. The molecule has 1 atom stereocenters. The SMILES string of the molecule is CCCN(CCC(CC)CN)CC(F)(F)F. The average Bonchev–Trinajstić information content (AvgIpc) is 2.17. The topological polar surface area (TPSA) is 29.3 Å². The van der Waals surface area contributed by atoms with Crippen molar-refractivity contribution in [1.82, 2.24) is 4.90 Å². The quantitative estimate of drug-likeness (QED) is 0.706. The molecule has 0 fully saturated rings. The van der Waals surface area contributed by atoms with Gasteiger partial charge in [0, 0.05) is 0 Å². The number of nitrogens with two attached hydrogens (primary N) is 1. The summed E-state index contributed by atoms with van der Waals surface area (Å²) >= 11 is 0. The zero-order chi connectivity index (χ0) is 12.6. The second-order valence-corrected chi connectivity index (χ2v) is 4.19. The van der Waals surface area contributed by atoms with Gasteiger partial charge >= 0.3 is 6.18 Å². The van der Waals surface area contributed by atoms with Gasteiger partial charge in [0.25, 0.3) is 0 Å². The standard InChI is InChI=1S/C11H23F3N2/c1-3-6-16(9-11(12,13)14)7-5-10(4-2)8-15/h10H,3-9,15H2,1-2H3. The molecule has 16 heavy (non-hydrogen) atoms. The van der Waals surface area contributed by atoms with Crippen LogP contribution >= 0.6 is 0 Å². The Labute approximate surface area is 96.0 Å². The molecule has 0 bridgehead atoms. The molecule has 0 aromatic rings. The highest BCUT2D eigenvalue weighted by Gasteiger charge is 2.30. The number of halogens is 3. The second-order valence-electron chi connectivity index (χ2n) is 4.19. The average molecular weight is 240 g/mol. The summed E-state index contributed by atoms with van der Waals surface area (Å²) < 4.78 is 36.8. The van der Waals surface area contributed by atoms with Crippen LogP contribution in [0.1, 0.15) is 33.1 Å². The Kier molecular flexibility index (Phi) is 7.76. The third kappa shape index (κ3) is 7.93. The first-order chi connectivity index (χ1) is 7.42. The molecule has 98 valence electrons. The van der Waals surface area contributed by atoms with Gasteiger partial charge in [0.1, 0.15) is 0 Å². The summed E-state index contributed by atoms with van der Waals surface area (Å²) in [6.45, 7) is 4.66. The van der Waals surface area contributed by atoms with Crippen LogP contribution in [0.2, 0.25) is 0 Å². The number of hydrogen-bond donors (Lipinski definition) is 1. The van der Waals surface area contributed by atoms with Crippen molar-refractivity contribution in [3.05, 3.63) is 0 Å². The first-order valence-corrected chi connectivity index (χ1v) is 5.92. The van der Waals surface area contributed by atoms with Crippen molar-refractivity contribution in [3.8, 4) is 0 Å². The van der Waals surface area contributed by atoms with Crippen molar-refractivity contribution < 1.29 is 13.2 Å². The molecule has 0 amide bonds. The van der Waals surface area contributed by atoms with Crippen LogP contribution in [0.3, 0.4) is 0 Å². The lowest BCUT2D eigenvalue weighted by atomic mass is 10.0. The number of alkyl halides is 3. The van der Waals surface area contributed by atoms with Crippen molar-refractivity contribution in [2.45, 2.75) is 39.3 Å². The lowest BCUT2D eigenvalue weighted by Crippen LogP contribution is -2.36. The summed E-state index contributed by atoms with van der Waals surface area (Å²) in [7, 11) is 0. The van der Waals surface area contributed by atoms with Crippen LogP contribution in [-0.4, -0.2) is 37.3 Å². The highest BCUT2D eigenvalue weighted by molar-refractivity contribution is 4.66. The van der Waals surface area contributed by atoms with Crippen molar-refractivity contribution in [3.63, 3.8) is 0 Å². The monoisotopic (exact) mass is 240 g/mol. The number of nitrogens with zero attached hydrogens (tertiary/aromatic N) is 1. The minimum Gasteiger partial charge on any atom is -0.330 e. The fraction of sp³-hybridized carbons (Fsp3) is 1.00. The highest BCUT2D eigenvalue weighted by Crippen LogP contribution is 2.17. The molecular formula is C11H23F3N2. The summed E-state index contributed by atoms with van der Waals surface area (Å²) in [4.78, 5) is 1.47. The van der Waals surface area contributed by atoms with Crippen molar-refractivity contribution in [2.24, 2.45) is 11.7 Å². The van der Waals surface area contributed by atoms with E-state index < -0.39 is 12.7 Å². The first-order valence-electron chi connectivity index (χ1n) is 5.92. The largest absolute Gasteiger partial charge is 0.401 e. The molecule has 0 aromatic carbocycles. The van der Waals surface area contributed by atoms with Crippen LogP contribution in [0.4, 0.5) is 13.2 Å². The molecule has 2 nitrogen and oxygen atoms in total. The van der Waals surface area contributed by atoms with Gasteiger partial charge in [-0.25, -0.2) is 0 Å². The third-order valence-electron chi connectivity index (χ3n) is 2.71. The fourth-order valence-corrected chi connectivity index (χ4v) is 1.69. The van der Waals surface area contributed by atoms with Crippen molar-refractivity contribution in [1.29, 1.82) is 0 Å². The summed E-state index contributed by atoms with van der Waals surface area (Å²) in [5.41, 5.74) is 5.53. The van der Waals surface area contributed by atoms with Gasteiger partial charge < -0.3 is 5.73 Å². The second kappa shape index (κ2) is 7.90. The predicted molar refractivity (Wildman–Crippen MR) is 60.2 cm³/mol. The molecule has 0 aliphatic rings. The molecular weight excluding hydrogens is 217 g/mol. The van der Waals surface area contributed by atoms with Crippen molar-refractivity contribution >= 4 is 0 Å². The molecule has 0 saturated heterocycles. The minimum atomic E-state index is -4.10. The van der Waals surface area contributed by atoms with E-state index in [2.05, 4.69) is 0 Å². The summed E-state index contributed by atoms with van der Waals surface area (Å²) in [6, 6.07) is 0. The van der Waals surface area contributed by atoms with E-state index in [4.69, 9.17) is 5.73 Å². The van der Waals surface area contributed by atoms with Gasteiger partial charge in [0.2, 0.25) is 0 Å². The fourth-order valence-electron chi connectivity index (χ4n) is 1.69. The Hall–Kier alpha value is -0.290. The zero-order valence-corrected chi connectivity index (χ0v) is 10.2. The molecule has 0 heterocycles. The Morgan fingerprint density at radius 3 is 2.19 bits per heavy atom. The normalized spacial score (nSPS) is 14.4. The molecule has 2 N–H and O–H groups in total. The van der Waals surface area contributed by atoms with Gasteiger partial charge in [-0.1, -0.05) is 20.3 Å². The van der Waals surface area contributed by atoms with Crippen LogP contribution in [-0.2, 0) is 0 Å². The molecule has 5 heteroatoms. The molecule has 0 rings (SSSR count). The smallest absolute Gasteiger partial charge is 0.330 e. The Morgan fingerprint density at radius 2 is 1.81 bits per heavy atom. The number of rotatable bonds is 8. The van der Waals surface area contributed by atoms with Gasteiger partial charge in [-0.05, 0) is 38.4 Å². The van der Waals surface area contributed by atoms with E-state index in [1.54, 1.807) is 0 Å². The van der Waals surface area contributed by atoms with Gasteiger partial charge in [-0.3, -0.25) is 4.90 Å². The molecule has 0 aromatic heterocycles. The van der Waals surface area contributed by atoms with E-state index in [9.17, 15) is 13.2 Å². The predicted octanol–water partition coefficient (Wildman–Crippen LogP) is 2.64. The third-order valence-corrected chi connectivity index (χ3v) is 2.71. The first kappa shape index (κ1) is 15.7. The lowest BCUT2D eigenvalue weighted by Gasteiger charge is -2.24. The summed E-state index contributed by atoms with van der Waals surface area (Å²) in [5, 5.41) is 0. The molecule has 0 saturated carbocycles. The van der Waals surface area contributed by atoms with Crippen LogP contribution in [0.25, 0.3) is 0 Å². The van der Waals surface area contributed by atoms with E-state index in [1.807, 2.05) is 13.8 Å². The molecule has 0 radical (unpaired) electrons. The van der Waals surface area contributed by atoms with Gasteiger partial charge in [0.05, 0.1) is 6.54 Å². The zero-order valence-electron chi connectivity index (χ0n) is 10.2. The maximum absolute atomic E-state index is 12.3. The maximum atomic E-state index is 12.3. The van der Waals surface area contributed by atoms with Crippen LogP contribution in [0.15, 0.2) is 0 Å². The van der Waals surface area contributed by atoms with E-state index in [-0.39, 0.29) is 0 Å². The van der Waals surface area contributed by atoms with Gasteiger partial charge in [-0.2, -0.15) is 13.2 Å². The minimum absolute atomic E-state index is 0.340. The molecule has 0 aliphatic heterocycles. The Bertz CT molecular complexity index is 167. The van der Waals surface area contributed by atoms with Crippen LogP contribution < -0.4 is 5.73 Å². The van der Waals surface area contributed by atoms with Crippen molar-refractivity contribution in [2.75, 3.05) is 26.2 Å². The van der Waals surface area contributed by atoms with E-state index in [0.717, 1.165) is 19.3 Å². The lowest BCUT2D eigenvalue weighted by molar-refractivity contribution is -0.146. The van der Waals surface area contributed by atoms with Gasteiger partial charge in [-0.15, -0.1) is 0 Å². The summed E-state index contributed by atoms with van der Waals surface area (Å²) in [6.07, 6.45) is -1.67. The van der Waals surface area contributed by atoms with Crippen LogP contribution in [0.5, 0.6) is 0 Å². The van der Waals surface area contributed by atoms with E-state index in [1.165, 1.54) is 4.90 Å². The maximum Gasteiger partial charge on any atom is 0.401 e. The molecule has 0 aliphatic carbocycles. The van der Waals surface area contributed by atoms with Crippen LogP contribution in [0, 0.1) is 5.92 Å². The van der Waals surface area contributed by atoms with E-state index in [0.29, 0.717) is 25.6 Å². The Morgan fingerprint density at radius 1 is 1.19 bits per heavy atom. The number of hydrogen-bond acceptors (Lipinski definition) is 2. The van der Waals surface area contributed by atoms with E-state index >= 15 is 0 Å². The highest BCUT2D eigenvalue weighted by atomic mass is 19.4. The molecule has 1 unspecified atom stereocenters. The summed E-state index contributed by atoms with van der Waals surface area (Å²) in [5.74, 6) is 0.340.